The topological polar surface area (TPSA) is 3.24 Å². The number of rotatable bonds is 4. The average molecular weight is 358 g/mol. The standard InChI is InChI=1S/C24H23NS/c1-3-7-18(8-4-1)17-25-21-11-12-22(25)16-20(15-21)24-14-13-23(26-24)19-9-5-2-6-10-19/h1-10,13-15,21-22H,11-12,16-17H2. The van der Waals surface area contributed by atoms with E-state index in [1.807, 2.05) is 11.3 Å². The van der Waals surface area contributed by atoms with E-state index in [1.54, 1.807) is 5.57 Å². The lowest BCUT2D eigenvalue weighted by Gasteiger charge is -2.33. The van der Waals surface area contributed by atoms with Gasteiger partial charge in [0.25, 0.3) is 0 Å². The molecule has 2 aliphatic heterocycles. The second-order valence-corrected chi connectivity index (χ2v) is 8.47. The molecule has 5 rings (SSSR count). The van der Waals surface area contributed by atoms with Gasteiger partial charge in [-0.25, -0.2) is 0 Å². The lowest BCUT2D eigenvalue weighted by atomic mass is 9.99. The van der Waals surface area contributed by atoms with Crippen molar-refractivity contribution in [2.45, 2.75) is 37.9 Å². The van der Waals surface area contributed by atoms with E-state index in [0.717, 1.165) is 6.54 Å². The van der Waals surface area contributed by atoms with Crippen LogP contribution in [0.3, 0.4) is 0 Å². The van der Waals surface area contributed by atoms with E-state index in [9.17, 15) is 0 Å². The minimum atomic E-state index is 0.603. The fraction of sp³-hybridized carbons (Fsp3) is 0.250. The molecule has 2 aromatic carbocycles. The van der Waals surface area contributed by atoms with Crippen LogP contribution in [-0.2, 0) is 6.54 Å². The van der Waals surface area contributed by atoms with Crippen molar-refractivity contribution >= 4 is 16.9 Å². The van der Waals surface area contributed by atoms with E-state index in [0.29, 0.717) is 12.1 Å². The molecule has 3 aromatic rings. The Balaban J connectivity index is 1.37. The fourth-order valence-corrected chi connectivity index (χ4v) is 5.45. The molecule has 3 heterocycles. The van der Waals surface area contributed by atoms with Crippen molar-refractivity contribution in [3.63, 3.8) is 0 Å². The first-order valence-electron chi connectivity index (χ1n) is 9.53. The molecular weight excluding hydrogens is 334 g/mol. The molecule has 1 fully saturated rings. The molecule has 0 N–H and O–H groups in total. The second-order valence-electron chi connectivity index (χ2n) is 7.38. The molecule has 0 saturated carbocycles. The van der Waals surface area contributed by atoms with Gasteiger partial charge in [-0.05, 0) is 48.1 Å². The SMILES string of the molecule is C1=C(c2ccc(-c3ccccc3)s2)CC2CCC1N2Cc1ccccc1. The summed E-state index contributed by atoms with van der Waals surface area (Å²) in [6, 6.07) is 27.6. The van der Waals surface area contributed by atoms with E-state index < -0.39 is 0 Å². The number of nitrogens with zero attached hydrogens (tertiary/aromatic N) is 1. The zero-order valence-corrected chi connectivity index (χ0v) is 15.7. The molecule has 0 spiro atoms. The van der Waals surface area contributed by atoms with Crippen LogP contribution in [0.25, 0.3) is 16.0 Å². The van der Waals surface area contributed by atoms with Crippen LogP contribution >= 0.6 is 11.3 Å². The van der Waals surface area contributed by atoms with Gasteiger partial charge >= 0.3 is 0 Å². The van der Waals surface area contributed by atoms with E-state index in [4.69, 9.17) is 0 Å². The van der Waals surface area contributed by atoms with Crippen molar-refractivity contribution < 1.29 is 0 Å². The van der Waals surface area contributed by atoms with E-state index in [2.05, 4.69) is 83.8 Å². The van der Waals surface area contributed by atoms with Gasteiger partial charge in [-0.2, -0.15) is 0 Å². The van der Waals surface area contributed by atoms with Crippen LogP contribution in [0.5, 0.6) is 0 Å². The van der Waals surface area contributed by atoms with Gasteiger partial charge < -0.3 is 0 Å². The molecule has 1 saturated heterocycles. The molecule has 0 radical (unpaired) electrons. The Labute approximate surface area is 159 Å². The summed E-state index contributed by atoms with van der Waals surface area (Å²) < 4.78 is 0. The summed E-state index contributed by atoms with van der Waals surface area (Å²) in [5.74, 6) is 0. The first kappa shape index (κ1) is 16.0. The number of hydrogen-bond donors (Lipinski definition) is 0. The van der Waals surface area contributed by atoms with Crippen LogP contribution in [0.2, 0.25) is 0 Å². The van der Waals surface area contributed by atoms with Crippen LogP contribution < -0.4 is 0 Å². The lowest BCUT2D eigenvalue weighted by Crippen LogP contribution is -2.37. The maximum absolute atomic E-state index is 2.71. The molecule has 130 valence electrons. The Morgan fingerprint density at radius 3 is 2.31 bits per heavy atom. The summed E-state index contributed by atoms with van der Waals surface area (Å²) >= 11 is 1.94. The van der Waals surface area contributed by atoms with Gasteiger partial charge in [0.2, 0.25) is 0 Å². The quantitative estimate of drug-likeness (QED) is 0.534. The maximum Gasteiger partial charge on any atom is 0.0349 e. The van der Waals surface area contributed by atoms with Crippen LogP contribution in [-0.4, -0.2) is 17.0 Å². The average Bonchev–Trinajstić information content (AvgIpc) is 3.26. The molecule has 26 heavy (non-hydrogen) atoms. The van der Waals surface area contributed by atoms with Gasteiger partial charge in [-0.15, -0.1) is 11.3 Å². The second kappa shape index (κ2) is 6.86. The number of hydrogen-bond acceptors (Lipinski definition) is 2. The van der Waals surface area contributed by atoms with Crippen molar-refractivity contribution in [2.75, 3.05) is 0 Å². The largest absolute Gasteiger partial charge is 0.289 e. The zero-order valence-electron chi connectivity index (χ0n) is 14.8. The summed E-state index contributed by atoms with van der Waals surface area (Å²) in [5, 5.41) is 0. The van der Waals surface area contributed by atoms with Gasteiger partial charge in [-0.1, -0.05) is 66.7 Å². The molecule has 1 aromatic heterocycles. The highest BCUT2D eigenvalue weighted by Crippen LogP contribution is 2.42. The van der Waals surface area contributed by atoms with Gasteiger partial charge in [-0.3, -0.25) is 4.90 Å². The molecule has 0 aliphatic carbocycles. The van der Waals surface area contributed by atoms with E-state index >= 15 is 0 Å². The monoisotopic (exact) mass is 357 g/mol. The predicted octanol–water partition coefficient (Wildman–Crippen LogP) is 6.24. The predicted molar refractivity (Wildman–Crippen MR) is 111 cm³/mol. The van der Waals surface area contributed by atoms with Crippen LogP contribution in [0.4, 0.5) is 0 Å². The molecule has 0 amide bonds. The van der Waals surface area contributed by atoms with Crippen molar-refractivity contribution in [3.8, 4) is 10.4 Å². The maximum atomic E-state index is 2.71. The Kier molecular flexibility index (Phi) is 4.24. The summed E-state index contributed by atoms with van der Waals surface area (Å²) in [7, 11) is 0. The zero-order chi connectivity index (χ0) is 17.3. The van der Waals surface area contributed by atoms with E-state index in [1.165, 1.54) is 40.1 Å². The first-order chi connectivity index (χ1) is 12.9. The molecule has 2 aliphatic rings. The van der Waals surface area contributed by atoms with Gasteiger partial charge in [0.15, 0.2) is 0 Å². The van der Waals surface area contributed by atoms with E-state index in [-0.39, 0.29) is 0 Å². The van der Waals surface area contributed by atoms with Crippen molar-refractivity contribution in [1.82, 2.24) is 4.90 Å². The van der Waals surface area contributed by atoms with Gasteiger partial charge in [0.1, 0.15) is 0 Å². The van der Waals surface area contributed by atoms with Crippen LogP contribution in [0.1, 0.15) is 29.7 Å². The molecule has 2 atom stereocenters. The molecule has 2 bridgehead atoms. The summed E-state index contributed by atoms with van der Waals surface area (Å²) in [5.41, 5.74) is 4.33. The molecule has 2 unspecified atom stereocenters. The van der Waals surface area contributed by atoms with Gasteiger partial charge in [0.05, 0.1) is 0 Å². The smallest absolute Gasteiger partial charge is 0.0349 e. The highest BCUT2D eigenvalue weighted by atomic mass is 32.1. The number of fused-ring (bicyclic) bond motifs is 2. The number of thiophene rings is 1. The normalized spacial score (nSPS) is 22.4. The molecular formula is C24H23NS. The third-order valence-electron chi connectivity index (χ3n) is 5.73. The third-order valence-corrected chi connectivity index (χ3v) is 6.94. The third kappa shape index (κ3) is 3.04. The highest BCUT2D eigenvalue weighted by Gasteiger charge is 2.36. The Morgan fingerprint density at radius 1 is 0.808 bits per heavy atom. The van der Waals surface area contributed by atoms with Crippen molar-refractivity contribution in [2.24, 2.45) is 0 Å². The number of benzene rings is 2. The molecule has 1 nitrogen and oxygen atoms in total. The van der Waals surface area contributed by atoms with Gasteiger partial charge in [0, 0.05) is 28.4 Å². The van der Waals surface area contributed by atoms with Crippen LogP contribution in [0, 0.1) is 0 Å². The minimum absolute atomic E-state index is 0.603. The molecule has 2 heteroatoms. The lowest BCUT2D eigenvalue weighted by molar-refractivity contribution is 0.203. The highest BCUT2D eigenvalue weighted by molar-refractivity contribution is 7.16. The summed E-state index contributed by atoms with van der Waals surface area (Å²) in [6.45, 7) is 1.08. The van der Waals surface area contributed by atoms with Crippen molar-refractivity contribution in [1.29, 1.82) is 0 Å². The summed E-state index contributed by atoms with van der Waals surface area (Å²) in [6.07, 6.45) is 6.37. The van der Waals surface area contributed by atoms with Crippen LogP contribution in [0.15, 0.2) is 78.9 Å². The summed E-state index contributed by atoms with van der Waals surface area (Å²) in [4.78, 5) is 5.55. The Bertz CT molecular complexity index is 910. The Hall–Kier alpha value is -2.16. The minimum Gasteiger partial charge on any atom is -0.289 e. The Morgan fingerprint density at radius 2 is 1.54 bits per heavy atom. The first-order valence-corrected chi connectivity index (χ1v) is 10.3. The van der Waals surface area contributed by atoms with Crippen molar-refractivity contribution in [3.05, 3.63) is 89.3 Å². The fourth-order valence-electron chi connectivity index (χ4n) is 4.41.